The van der Waals surface area contributed by atoms with Gasteiger partial charge in [0.15, 0.2) is 5.75 Å². The third-order valence-corrected chi connectivity index (χ3v) is 7.57. The topological polar surface area (TPSA) is 90.0 Å². The normalized spacial score (nSPS) is 15.4. The third kappa shape index (κ3) is 4.90. The van der Waals surface area contributed by atoms with Crippen LogP contribution in [0.15, 0.2) is 36.7 Å². The highest BCUT2D eigenvalue weighted by Gasteiger charge is 2.48. The Bertz CT molecular complexity index is 1240. The van der Waals surface area contributed by atoms with Crippen LogP contribution in [0.5, 0.6) is 23.0 Å². The van der Waals surface area contributed by atoms with Crippen molar-refractivity contribution in [2.45, 2.75) is 33.3 Å². The minimum atomic E-state index is 0.378. The van der Waals surface area contributed by atoms with Gasteiger partial charge in [-0.05, 0) is 25.0 Å². The molecular weight excluding hydrogens is 482 g/mol. The van der Waals surface area contributed by atoms with Crippen molar-refractivity contribution in [1.29, 1.82) is 0 Å². The summed E-state index contributed by atoms with van der Waals surface area (Å²) in [6, 6.07) is 8.07. The molecule has 1 aromatic heterocycles. The Morgan fingerprint density at radius 3 is 2.03 bits per heavy atom. The Hall–Kier alpha value is -3.72. The molecule has 0 unspecified atom stereocenters. The number of benzene rings is 2. The summed E-state index contributed by atoms with van der Waals surface area (Å²) in [5, 5.41) is 6.65. The summed E-state index contributed by atoms with van der Waals surface area (Å²) in [5.74, 6) is 3.54. The molecule has 0 radical (unpaired) electrons. The van der Waals surface area contributed by atoms with Crippen molar-refractivity contribution in [2.75, 3.05) is 57.7 Å². The average Bonchev–Trinajstić information content (AvgIpc) is 2.90. The lowest BCUT2D eigenvalue weighted by Crippen LogP contribution is -2.71. The molecule has 0 amide bonds. The van der Waals surface area contributed by atoms with Crippen LogP contribution in [0.4, 0.5) is 17.3 Å². The minimum absolute atomic E-state index is 0.378. The van der Waals surface area contributed by atoms with Crippen LogP contribution in [-0.4, -0.2) is 57.5 Å². The second kappa shape index (κ2) is 10.9. The molecule has 3 heterocycles. The van der Waals surface area contributed by atoms with E-state index in [1.54, 1.807) is 33.7 Å². The van der Waals surface area contributed by atoms with Crippen LogP contribution in [0, 0.1) is 5.41 Å². The summed E-state index contributed by atoms with van der Waals surface area (Å²) in [4.78, 5) is 11.3. The zero-order chi connectivity index (χ0) is 26.7. The fourth-order valence-corrected chi connectivity index (χ4v) is 5.48. The van der Waals surface area contributed by atoms with Crippen molar-refractivity contribution in [2.24, 2.45) is 5.41 Å². The van der Waals surface area contributed by atoms with Crippen LogP contribution >= 0.6 is 0 Å². The highest BCUT2D eigenvalue weighted by atomic mass is 16.5. The largest absolute Gasteiger partial charge is 0.496 e. The molecule has 2 fully saturated rings. The second-order valence-corrected chi connectivity index (χ2v) is 9.93. The summed E-state index contributed by atoms with van der Waals surface area (Å²) < 4.78 is 23.1. The van der Waals surface area contributed by atoms with Gasteiger partial charge < -0.3 is 34.5 Å². The van der Waals surface area contributed by atoms with Gasteiger partial charge in [-0.3, -0.25) is 0 Å². The molecule has 0 bridgehead atoms. The molecule has 2 aliphatic heterocycles. The summed E-state index contributed by atoms with van der Waals surface area (Å²) >= 11 is 0. The number of nitrogens with zero attached hydrogens (tertiary/aromatic N) is 3. The maximum atomic E-state index is 6.12. The van der Waals surface area contributed by atoms with Crippen LogP contribution in [0.25, 0.3) is 0 Å². The molecule has 1 spiro atoms. The molecule has 2 aliphatic rings. The van der Waals surface area contributed by atoms with Crippen LogP contribution in [-0.2, 0) is 19.4 Å². The van der Waals surface area contributed by atoms with Crippen LogP contribution in [0.3, 0.4) is 0 Å². The van der Waals surface area contributed by atoms with E-state index in [9.17, 15) is 0 Å². The molecule has 2 N–H and O–H groups in total. The summed E-state index contributed by atoms with van der Waals surface area (Å²) in [7, 11) is 5.07. The minimum Gasteiger partial charge on any atom is -0.496 e. The van der Waals surface area contributed by atoms with E-state index in [1.807, 2.05) is 18.2 Å². The molecule has 5 rings (SSSR count). The molecule has 0 atom stereocenters. The van der Waals surface area contributed by atoms with E-state index >= 15 is 0 Å². The van der Waals surface area contributed by atoms with Crippen LogP contribution in [0.2, 0.25) is 0 Å². The van der Waals surface area contributed by atoms with E-state index in [0.717, 1.165) is 84.3 Å². The molecule has 9 nitrogen and oxygen atoms in total. The number of anilines is 3. The fraction of sp³-hybridized carbons (Fsp3) is 0.448. The maximum absolute atomic E-state index is 6.12. The Kier molecular flexibility index (Phi) is 7.46. The number of hydrogen-bond donors (Lipinski definition) is 2. The number of methoxy groups -OCH3 is 3. The standard InChI is InChI=1S/C29H37N5O4/c1-6-21-23(22(7-2)26(36-4)11-25(21)35-3)14-38-20-12-31-28(32-13-20)33-19-8-9-24(27(10-19)37-5)34-17-29(18-34)15-30-16-29/h8-13,30H,6-7,14-18H2,1-5H3,(H,31,32,33). The first kappa shape index (κ1) is 25.9. The SMILES string of the molecule is CCc1c(OC)cc(OC)c(CC)c1COc1cnc(Nc2ccc(N3CC4(CNC4)C3)c(OC)c2)nc1. The maximum Gasteiger partial charge on any atom is 0.227 e. The fourth-order valence-electron chi connectivity index (χ4n) is 5.48. The number of rotatable bonds is 11. The van der Waals surface area contributed by atoms with Crippen molar-refractivity contribution >= 4 is 17.3 Å². The zero-order valence-electron chi connectivity index (χ0n) is 22.9. The van der Waals surface area contributed by atoms with E-state index in [1.165, 1.54) is 0 Å². The van der Waals surface area contributed by atoms with Gasteiger partial charge in [0.2, 0.25) is 5.95 Å². The third-order valence-electron chi connectivity index (χ3n) is 7.57. The smallest absolute Gasteiger partial charge is 0.227 e. The average molecular weight is 520 g/mol. The van der Waals surface area contributed by atoms with Crippen LogP contribution in [0.1, 0.15) is 30.5 Å². The van der Waals surface area contributed by atoms with Gasteiger partial charge in [0.25, 0.3) is 0 Å². The zero-order valence-corrected chi connectivity index (χ0v) is 22.9. The summed E-state index contributed by atoms with van der Waals surface area (Å²) in [6.07, 6.45) is 5.02. The molecule has 0 saturated carbocycles. The number of ether oxygens (including phenoxy) is 4. The van der Waals surface area contributed by atoms with Gasteiger partial charge in [-0.15, -0.1) is 0 Å². The predicted octanol–water partition coefficient (Wildman–Crippen LogP) is 4.36. The number of aromatic nitrogens is 2. The first-order valence-electron chi connectivity index (χ1n) is 13.1. The molecule has 202 valence electrons. The Labute approximate surface area is 224 Å². The van der Waals surface area contributed by atoms with Crippen molar-refractivity contribution in [1.82, 2.24) is 15.3 Å². The molecule has 9 heteroatoms. The van der Waals surface area contributed by atoms with Crippen molar-refractivity contribution in [3.05, 3.63) is 53.3 Å². The molecule has 3 aromatic rings. The Balaban J connectivity index is 1.25. The van der Waals surface area contributed by atoms with Gasteiger partial charge in [0.1, 0.15) is 23.9 Å². The van der Waals surface area contributed by atoms with Crippen LogP contribution < -0.4 is 34.5 Å². The Morgan fingerprint density at radius 1 is 0.868 bits per heavy atom. The number of nitrogens with one attached hydrogen (secondary N) is 2. The molecular formula is C29H37N5O4. The quantitative estimate of drug-likeness (QED) is 0.383. The molecule has 0 aliphatic carbocycles. The van der Waals surface area contributed by atoms with Gasteiger partial charge in [-0.2, -0.15) is 0 Å². The van der Waals surface area contributed by atoms with E-state index in [2.05, 4.69) is 45.4 Å². The number of hydrogen-bond acceptors (Lipinski definition) is 9. The van der Waals surface area contributed by atoms with E-state index in [0.29, 0.717) is 23.7 Å². The molecule has 38 heavy (non-hydrogen) atoms. The lowest BCUT2D eigenvalue weighted by Gasteiger charge is -2.57. The molecule has 2 aromatic carbocycles. The monoisotopic (exact) mass is 519 g/mol. The molecule has 2 saturated heterocycles. The van der Waals surface area contributed by atoms with E-state index in [-0.39, 0.29) is 0 Å². The highest BCUT2D eigenvalue weighted by Crippen LogP contribution is 2.42. The Morgan fingerprint density at radius 2 is 1.50 bits per heavy atom. The van der Waals surface area contributed by atoms with Gasteiger partial charge in [0.05, 0.1) is 39.4 Å². The summed E-state index contributed by atoms with van der Waals surface area (Å²) in [6.45, 7) is 8.95. The predicted molar refractivity (Wildman–Crippen MR) is 148 cm³/mol. The van der Waals surface area contributed by atoms with Crippen molar-refractivity contribution in [3.8, 4) is 23.0 Å². The summed E-state index contributed by atoms with van der Waals surface area (Å²) in [5.41, 5.74) is 5.77. The van der Waals surface area contributed by atoms with Gasteiger partial charge >= 0.3 is 0 Å². The van der Waals surface area contributed by atoms with Crippen molar-refractivity contribution < 1.29 is 18.9 Å². The van der Waals surface area contributed by atoms with Gasteiger partial charge in [-0.25, -0.2) is 9.97 Å². The van der Waals surface area contributed by atoms with E-state index in [4.69, 9.17) is 18.9 Å². The lowest BCUT2D eigenvalue weighted by molar-refractivity contribution is 0.120. The highest BCUT2D eigenvalue weighted by molar-refractivity contribution is 5.68. The first-order chi connectivity index (χ1) is 18.5. The second-order valence-electron chi connectivity index (χ2n) is 9.93. The van der Waals surface area contributed by atoms with Crippen molar-refractivity contribution in [3.63, 3.8) is 0 Å². The van der Waals surface area contributed by atoms with E-state index < -0.39 is 0 Å². The van der Waals surface area contributed by atoms with Gasteiger partial charge in [0, 0.05) is 66.1 Å². The van der Waals surface area contributed by atoms with Gasteiger partial charge in [-0.1, -0.05) is 13.8 Å². The lowest BCUT2D eigenvalue weighted by atomic mass is 9.74. The first-order valence-corrected chi connectivity index (χ1v) is 13.1.